The van der Waals surface area contributed by atoms with Gasteiger partial charge in [-0.1, -0.05) is 0 Å². The van der Waals surface area contributed by atoms with Crippen LogP contribution in [0.25, 0.3) is 11.4 Å². The molecule has 4 aromatic carbocycles. The topological polar surface area (TPSA) is 222 Å². The Kier molecular flexibility index (Phi) is 19.2. The highest BCUT2D eigenvalue weighted by atomic mass is 19.1. The van der Waals surface area contributed by atoms with Crippen LogP contribution in [-0.4, -0.2) is 130 Å². The summed E-state index contributed by atoms with van der Waals surface area (Å²) in [6, 6.07) is 22.7. The average Bonchev–Trinajstić information content (AvgIpc) is 0.855. The summed E-state index contributed by atoms with van der Waals surface area (Å²) in [5.74, 6) is -2.16. The Balaban J connectivity index is 0.000000180. The smallest absolute Gasteiger partial charge is 0.271 e. The van der Waals surface area contributed by atoms with Crippen molar-refractivity contribution in [1.29, 1.82) is 0 Å². The van der Waals surface area contributed by atoms with Crippen molar-refractivity contribution in [2.24, 2.45) is 21.8 Å². The number of nitrogens with zero attached hydrogens (tertiary/aromatic N) is 5. The lowest BCUT2D eigenvalue weighted by Crippen LogP contribution is -2.40. The molecule has 0 spiro atoms. The van der Waals surface area contributed by atoms with Crippen molar-refractivity contribution in [2.45, 2.75) is 25.6 Å². The molecule has 7 heterocycles. The molecule has 5 aliphatic heterocycles. The van der Waals surface area contributed by atoms with Gasteiger partial charge in [0.05, 0.1) is 70.0 Å². The molecule has 0 radical (unpaired) electrons. The maximum absolute atomic E-state index is 15.4. The number of nitrogens with one attached hydrogen (secondary N) is 2. The van der Waals surface area contributed by atoms with Crippen molar-refractivity contribution in [3.05, 3.63) is 241 Å². The summed E-state index contributed by atoms with van der Waals surface area (Å²) in [4.78, 5) is 64.1. The van der Waals surface area contributed by atoms with Gasteiger partial charge < -0.3 is 58.0 Å². The van der Waals surface area contributed by atoms with Gasteiger partial charge in [0.25, 0.3) is 22.9 Å². The Hall–Kier alpha value is -10.3. The molecule has 480 valence electrons. The number of pyridine rings is 2. The quantitative estimate of drug-likeness (QED) is 0.0604. The minimum atomic E-state index is -0.811. The number of rotatable bonds is 18. The maximum Gasteiger partial charge on any atom is 0.271 e. The molecule has 0 saturated carbocycles. The van der Waals surface area contributed by atoms with E-state index in [0.29, 0.717) is 90.4 Å². The SMILES string of the molecule is CCOc1ccn(-c2ccc(F)cc2)c(=O)c1C(=O)Nc1ccc(OC2=CC=NC3=CC(OC)=C4OCCOC4C32)c(F)c1.O=C(Nc1ccc(OC2=CC=NC3=CC(OCCCN4CCOCC4)=C4OCCOC4C32)c(F)c1)c1cccn(-c2ccc(F)cc2)c1=O. The van der Waals surface area contributed by atoms with Crippen LogP contribution in [0.2, 0.25) is 0 Å². The fraction of sp³-hybridized carbons (Fsp3) is 0.265. The van der Waals surface area contributed by atoms with Crippen LogP contribution in [0.5, 0.6) is 17.2 Å². The molecule has 13 rings (SSSR count). The van der Waals surface area contributed by atoms with E-state index in [-0.39, 0.29) is 46.4 Å². The van der Waals surface area contributed by atoms with Crippen LogP contribution in [0.4, 0.5) is 28.9 Å². The van der Waals surface area contributed by atoms with Gasteiger partial charge in [-0.15, -0.1) is 0 Å². The van der Waals surface area contributed by atoms with Crippen molar-refractivity contribution >= 4 is 35.6 Å². The molecular formula is C68H61F4N7O14. The van der Waals surface area contributed by atoms with Gasteiger partial charge in [-0.3, -0.25) is 43.2 Å². The van der Waals surface area contributed by atoms with Crippen LogP contribution in [-0.2, 0) is 33.2 Å². The van der Waals surface area contributed by atoms with E-state index in [1.807, 2.05) is 6.08 Å². The fourth-order valence-corrected chi connectivity index (χ4v) is 11.2. The third-order valence-corrected chi connectivity index (χ3v) is 15.6. The Bertz CT molecular complexity index is 4230. The number of carbonyl (C=O) groups is 2. The van der Waals surface area contributed by atoms with Crippen LogP contribution in [0.15, 0.2) is 205 Å². The first-order valence-electron chi connectivity index (χ1n) is 29.9. The van der Waals surface area contributed by atoms with Crippen LogP contribution >= 0.6 is 0 Å². The number of ether oxygens (including phenoxy) is 10. The fourth-order valence-electron chi connectivity index (χ4n) is 11.2. The molecule has 0 bridgehead atoms. The Morgan fingerprint density at radius 3 is 1.72 bits per heavy atom. The van der Waals surface area contributed by atoms with Gasteiger partial charge in [-0.25, -0.2) is 17.6 Å². The maximum atomic E-state index is 15.4. The number of dihydropyridines is 2. The van der Waals surface area contributed by atoms with Crippen LogP contribution in [0.3, 0.4) is 0 Å². The second-order valence-electron chi connectivity index (χ2n) is 21.5. The van der Waals surface area contributed by atoms with Crippen LogP contribution < -0.4 is 36.0 Å². The van der Waals surface area contributed by atoms with Gasteiger partial charge in [0, 0.05) is 91.5 Å². The molecule has 4 atom stereocenters. The molecule has 93 heavy (non-hydrogen) atoms. The van der Waals surface area contributed by atoms with E-state index < -0.39 is 70.2 Å². The molecule has 2 aliphatic carbocycles. The van der Waals surface area contributed by atoms with Crippen molar-refractivity contribution < 1.29 is 74.5 Å². The number of halogens is 4. The highest BCUT2D eigenvalue weighted by Crippen LogP contribution is 2.44. The minimum Gasteiger partial charge on any atom is -0.493 e. The second kappa shape index (κ2) is 28.4. The number of amides is 2. The highest BCUT2D eigenvalue weighted by molar-refractivity contribution is 6.06. The molecule has 3 saturated heterocycles. The summed E-state index contributed by atoms with van der Waals surface area (Å²) < 4.78 is 119. The number of morpholine rings is 1. The van der Waals surface area contributed by atoms with Gasteiger partial charge in [0.15, 0.2) is 46.2 Å². The third-order valence-electron chi connectivity index (χ3n) is 15.6. The zero-order valence-corrected chi connectivity index (χ0v) is 50.2. The highest BCUT2D eigenvalue weighted by Gasteiger charge is 2.44. The first-order chi connectivity index (χ1) is 45.3. The number of methoxy groups -OCH3 is 1. The summed E-state index contributed by atoms with van der Waals surface area (Å²) in [6.07, 6.45) is 12.6. The molecule has 25 heteroatoms. The summed E-state index contributed by atoms with van der Waals surface area (Å²) in [5, 5.41) is 5.13. The minimum absolute atomic E-state index is 0.0509. The standard InChI is InChI=1S/C36H34F2N4O7.C32H27F2N3O7/c37-23-4-7-25(8-5-23)42-13-1-3-26(36(42)44)35(43)40-24-6-9-29(27(38)21-24)49-30-10-11-39-28-22-31(33-34(32(28)30)48-20-19-47-33)46-16-2-12-41-14-17-45-18-15-41;1-3-41-24-11-13-37(20-7-4-18(33)5-8-20)32(39)28(24)31(38)36-19-6-9-23(21(34)16-19)44-25-10-12-35-22-17-26(40-2)29-30(27(22)25)43-15-14-42-29/h1,3-11,13,21-22,32,34H,2,12,14-20H2,(H,40,43);4-13,16-17,27,30H,3,14-15H2,1-2H3,(H,36,38). The van der Waals surface area contributed by atoms with Crippen LogP contribution in [0.1, 0.15) is 34.1 Å². The van der Waals surface area contributed by atoms with Crippen molar-refractivity contribution in [3.63, 3.8) is 0 Å². The molecule has 2 amide bonds. The summed E-state index contributed by atoms with van der Waals surface area (Å²) in [7, 11) is 1.53. The summed E-state index contributed by atoms with van der Waals surface area (Å²) in [6.45, 7) is 8.08. The molecular weight excluding hydrogens is 1210 g/mol. The molecule has 2 aromatic heterocycles. The summed E-state index contributed by atoms with van der Waals surface area (Å²) >= 11 is 0. The van der Waals surface area contributed by atoms with E-state index in [4.69, 9.17) is 47.4 Å². The van der Waals surface area contributed by atoms with E-state index in [2.05, 4.69) is 25.5 Å². The number of allylic oxidation sites excluding steroid dienone is 4. The lowest BCUT2D eigenvalue weighted by molar-refractivity contribution is -0.0689. The van der Waals surface area contributed by atoms with Crippen molar-refractivity contribution in [3.8, 4) is 28.6 Å². The molecule has 6 aromatic rings. The molecule has 3 fully saturated rings. The number of aliphatic imine (C=N–C) groups is 2. The Morgan fingerprint density at radius 1 is 0.613 bits per heavy atom. The lowest BCUT2D eigenvalue weighted by atomic mass is 9.87. The Morgan fingerprint density at radius 2 is 1.16 bits per heavy atom. The second-order valence-corrected chi connectivity index (χ2v) is 21.5. The zero-order chi connectivity index (χ0) is 64.5. The molecule has 4 unspecified atom stereocenters. The largest absolute Gasteiger partial charge is 0.493 e. The first kappa shape index (κ1) is 62.8. The number of fused-ring (bicyclic) bond motifs is 6. The van der Waals surface area contributed by atoms with Gasteiger partial charge in [-0.05, 0) is 116 Å². The number of hydrogen-bond acceptors (Lipinski definition) is 17. The van der Waals surface area contributed by atoms with E-state index in [1.165, 1.54) is 120 Å². The van der Waals surface area contributed by atoms with Crippen LogP contribution in [0, 0.1) is 35.1 Å². The van der Waals surface area contributed by atoms with Gasteiger partial charge in [0.1, 0.15) is 65.5 Å². The number of benzene rings is 4. The first-order valence-corrected chi connectivity index (χ1v) is 29.9. The van der Waals surface area contributed by atoms with E-state index in [9.17, 15) is 28.0 Å². The van der Waals surface area contributed by atoms with Gasteiger partial charge in [-0.2, -0.15) is 0 Å². The van der Waals surface area contributed by atoms with Crippen molar-refractivity contribution in [1.82, 2.24) is 14.0 Å². The van der Waals surface area contributed by atoms with E-state index in [0.717, 1.165) is 51.4 Å². The van der Waals surface area contributed by atoms with E-state index in [1.54, 1.807) is 37.6 Å². The Labute approximate surface area is 529 Å². The molecule has 2 N–H and O–H groups in total. The van der Waals surface area contributed by atoms with Gasteiger partial charge >= 0.3 is 0 Å². The molecule has 21 nitrogen and oxygen atoms in total. The lowest BCUT2D eigenvalue weighted by Gasteiger charge is -2.38. The number of hydrogen-bond donors (Lipinski definition) is 2. The number of carbonyl (C=O) groups excluding carboxylic acids is 2. The third kappa shape index (κ3) is 14.0. The average molecular weight is 1280 g/mol. The zero-order valence-electron chi connectivity index (χ0n) is 50.2. The van der Waals surface area contributed by atoms with E-state index >= 15 is 8.78 Å². The summed E-state index contributed by atoms with van der Waals surface area (Å²) in [5.41, 5.74) is 0.420. The predicted molar refractivity (Wildman–Crippen MR) is 332 cm³/mol. The van der Waals surface area contributed by atoms with Crippen molar-refractivity contribution in [2.75, 3.05) is 90.2 Å². The monoisotopic (exact) mass is 1280 g/mol. The number of aromatic nitrogens is 2. The number of anilines is 2. The predicted octanol–water partition coefficient (Wildman–Crippen LogP) is 9.50. The molecule has 7 aliphatic rings. The van der Waals surface area contributed by atoms with Gasteiger partial charge in [0.2, 0.25) is 0 Å². The normalized spacial score (nSPS) is 19.6.